The maximum Gasteiger partial charge on any atom is 0.234 e. The minimum absolute atomic E-state index is 0.0858. The van der Waals surface area contributed by atoms with Crippen molar-refractivity contribution in [3.63, 3.8) is 0 Å². The number of hydrogen-bond donors (Lipinski definition) is 1. The molecule has 0 unspecified atom stereocenters. The van der Waals surface area contributed by atoms with Gasteiger partial charge in [0.2, 0.25) is 5.91 Å². The fourth-order valence-electron chi connectivity index (χ4n) is 2.30. The Labute approximate surface area is 158 Å². The lowest BCUT2D eigenvalue weighted by molar-refractivity contribution is -0.113. The van der Waals surface area contributed by atoms with E-state index in [2.05, 4.69) is 31.4 Å². The first kappa shape index (κ1) is 17.8. The highest BCUT2D eigenvalue weighted by Crippen LogP contribution is 2.27. The second kappa shape index (κ2) is 7.45. The van der Waals surface area contributed by atoms with Gasteiger partial charge in [0.25, 0.3) is 0 Å². The normalized spacial score (nSPS) is 10.9. The number of aromatic nitrogens is 3. The van der Waals surface area contributed by atoms with Gasteiger partial charge in [0, 0.05) is 17.2 Å². The van der Waals surface area contributed by atoms with Gasteiger partial charge in [-0.1, -0.05) is 27.7 Å². The van der Waals surface area contributed by atoms with Crippen LogP contribution in [0.15, 0.2) is 44.6 Å². The molecule has 0 spiro atoms. The Morgan fingerprint density at radius 1 is 1.28 bits per heavy atom. The molecule has 0 bridgehead atoms. The summed E-state index contributed by atoms with van der Waals surface area (Å²) in [7, 11) is 1.85. The largest absolute Gasteiger partial charge is 0.461 e. The summed E-state index contributed by atoms with van der Waals surface area (Å²) in [6.07, 6.45) is 1.59. The van der Waals surface area contributed by atoms with Gasteiger partial charge in [-0.15, -0.1) is 10.2 Å². The molecule has 2 aromatic heterocycles. The first-order chi connectivity index (χ1) is 12.0. The lowest BCUT2D eigenvalue weighted by Crippen LogP contribution is -2.15. The zero-order valence-electron chi connectivity index (χ0n) is 14.0. The summed E-state index contributed by atoms with van der Waals surface area (Å²) in [6.45, 7) is 4.00. The van der Waals surface area contributed by atoms with Crippen LogP contribution in [0.25, 0.3) is 11.6 Å². The summed E-state index contributed by atoms with van der Waals surface area (Å²) >= 11 is 4.82. The lowest BCUT2D eigenvalue weighted by atomic mass is 10.1. The number of anilines is 1. The van der Waals surface area contributed by atoms with Gasteiger partial charge in [0.1, 0.15) is 0 Å². The average molecular weight is 421 g/mol. The number of halogens is 1. The predicted octanol–water partition coefficient (Wildman–Crippen LogP) is 4.19. The molecule has 1 aromatic carbocycles. The van der Waals surface area contributed by atoms with E-state index in [0.29, 0.717) is 16.7 Å². The SMILES string of the molecule is Cc1c(Br)ccc(NC(=O)CSc2nnc(-c3ccco3)n2C)c1C. The summed E-state index contributed by atoms with van der Waals surface area (Å²) < 4.78 is 8.18. The maximum absolute atomic E-state index is 12.3. The van der Waals surface area contributed by atoms with Crippen molar-refractivity contribution in [2.75, 3.05) is 11.1 Å². The van der Waals surface area contributed by atoms with Crippen LogP contribution in [0, 0.1) is 13.8 Å². The highest BCUT2D eigenvalue weighted by atomic mass is 79.9. The minimum Gasteiger partial charge on any atom is -0.461 e. The number of furan rings is 1. The molecule has 0 atom stereocenters. The van der Waals surface area contributed by atoms with Crippen LogP contribution in [0.5, 0.6) is 0 Å². The monoisotopic (exact) mass is 420 g/mol. The van der Waals surface area contributed by atoms with Crippen LogP contribution in [0.2, 0.25) is 0 Å². The third-order valence-electron chi connectivity index (χ3n) is 3.90. The molecular weight excluding hydrogens is 404 g/mol. The van der Waals surface area contributed by atoms with E-state index in [0.717, 1.165) is 21.3 Å². The molecule has 3 aromatic rings. The molecule has 2 heterocycles. The number of thioether (sulfide) groups is 1. The minimum atomic E-state index is -0.0858. The predicted molar refractivity (Wildman–Crippen MR) is 102 cm³/mol. The van der Waals surface area contributed by atoms with Crippen LogP contribution < -0.4 is 5.32 Å². The van der Waals surface area contributed by atoms with Gasteiger partial charge in [0.15, 0.2) is 16.7 Å². The number of hydrogen-bond acceptors (Lipinski definition) is 5. The van der Waals surface area contributed by atoms with Crippen molar-refractivity contribution in [3.8, 4) is 11.6 Å². The number of carbonyl (C=O) groups is 1. The molecule has 1 N–H and O–H groups in total. The standard InChI is InChI=1S/C17H17BrN4O2S/c1-10-11(2)13(7-6-12(10)18)19-15(23)9-25-17-21-20-16(22(17)3)14-5-4-8-24-14/h4-8H,9H2,1-3H3,(H,19,23). The van der Waals surface area contributed by atoms with Crippen molar-refractivity contribution in [2.45, 2.75) is 19.0 Å². The molecule has 0 aliphatic carbocycles. The molecule has 0 saturated heterocycles. The Kier molecular flexibility index (Phi) is 5.29. The van der Waals surface area contributed by atoms with Crippen LogP contribution >= 0.6 is 27.7 Å². The fourth-order valence-corrected chi connectivity index (χ4v) is 3.44. The van der Waals surface area contributed by atoms with Crippen molar-refractivity contribution < 1.29 is 9.21 Å². The number of benzene rings is 1. The van der Waals surface area contributed by atoms with E-state index >= 15 is 0 Å². The number of nitrogens with zero attached hydrogens (tertiary/aromatic N) is 3. The van der Waals surface area contributed by atoms with E-state index in [4.69, 9.17) is 4.42 Å². The van der Waals surface area contributed by atoms with Gasteiger partial charge in [-0.3, -0.25) is 4.79 Å². The summed E-state index contributed by atoms with van der Waals surface area (Å²) in [4.78, 5) is 12.3. The number of rotatable bonds is 5. The molecule has 0 radical (unpaired) electrons. The van der Waals surface area contributed by atoms with Crippen molar-refractivity contribution >= 4 is 39.3 Å². The Hall–Kier alpha value is -2.06. The summed E-state index contributed by atoms with van der Waals surface area (Å²) in [6, 6.07) is 7.45. The maximum atomic E-state index is 12.3. The Morgan fingerprint density at radius 2 is 2.08 bits per heavy atom. The smallest absolute Gasteiger partial charge is 0.234 e. The van der Waals surface area contributed by atoms with Crippen molar-refractivity contribution in [3.05, 3.63) is 46.1 Å². The molecule has 25 heavy (non-hydrogen) atoms. The molecule has 130 valence electrons. The van der Waals surface area contributed by atoms with Gasteiger partial charge in [-0.2, -0.15) is 0 Å². The molecule has 0 fully saturated rings. The Morgan fingerprint density at radius 3 is 2.80 bits per heavy atom. The third-order valence-corrected chi connectivity index (χ3v) is 5.78. The summed E-state index contributed by atoms with van der Waals surface area (Å²) in [5, 5.41) is 11.8. The highest BCUT2D eigenvalue weighted by molar-refractivity contribution is 9.10. The van der Waals surface area contributed by atoms with Crippen LogP contribution in [-0.2, 0) is 11.8 Å². The summed E-state index contributed by atoms with van der Waals surface area (Å²) in [5.41, 5.74) is 2.98. The molecule has 0 saturated carbocycles. The molecule has 6 nitrogen and oxygen atoms in total. The van der Waals surface area contributed by atoms with E-state index in [9.17, 15) is 4.79 Å². The van der Waals surface area contributed by atoms with Crippen LogP contribution in [0.4, 0.5) is 5.69 Å². The first-order valence-corrected chi connectivity index (χ1v) is 9.37. The van der Waals surface area contributed by atoms with Crippen molar-refractivity contribution in [2.24, 2.45) is 7.05 Å². The first-order valence-electron chi connectivity index (χ1n) is 7.59. The van der Waals surface area contributed by atoms with Gasteiger partial charge in [-0.25, -0.2) is 0 Å². The van der Waals surface area contributed by atoms with E-state index in [1.54, 1.807) is 12.3 Å². The molecule has 0 aliphatic rings. The van der Waals surface area contributed by atoms with E-state index in [1.165, 1.54) is 11.8 Å². The highest BCUT2D eigenvalue weighted by Gasteiger charge is 2.15. The van der Waals surface area contributed by atoms with Crippen molar-refractivity contribution in [1.29, 1.82) is 0 Å². The number of carbonyl (C=O) groups excluding carboxylic acids is 1. The second-order valence-electron chi connectivity index (χ2n) is 5.52. The topological polar surface area (TPSA) is 73.0 Å². The van der Waals surface area contributed by atoms with E-state index in [-0.39, 0.29) is 11.7 Å². The molecule has 8 heteroatoms. The van der Waals surface area contributed by atoms with Gasteiger partial charge < -0.3 is 14.3 Å². The molecule has 3 rings (SSSR count). The second-order valence-corrected chi connectivity index (χ2v) is 7.32. The number of amides is 1. The molecule has 0 aliphatic heterocycles. The van der Waals surface area contributed by atoms with Crippen LogP contribution in [-0.4, -0.2) is 26.4 Å². The van der Waals surface area contributed by atoms with E-state index in [1.807, 2.05) is 43.7 Å². The van der Waals surface area contributed by atoms with Gasteiger partial charge in [-0.05, 0) is 49.2 Å². The fraction of sp³-hybridized carbons (Fsp3) is 0.235. The lowest BCUT2D eigenvalue weighted by Gasteiger charge is -2.11. The quantitative estimate of drug-likeness (QED) is 0.626. The Bertz CT molecular complexity index is 906. The molecular formula is C17H17BrN4O2S. The van der Waals surface area contributed by atoms with Gasteiger partial charge in [0.05, 0.1) is 12.0 Å². The van der Waals surface area contributed by atoms with E-state index < -0.39 is 0 Å². The van der Waals surface area contributed by atoms with Crippen molar-refractivity contribution in [1.82, 2.24) is 14.8 Å². The third kappa shape index (κ3) is 3.80. The summed E-state index contributed by atoms with van der Waals surface area (Å²) in [5.74, 6) is 1.44. The van der Waals surface area contributed by atoms with Crippen LogP contribution in [0.1, 0.15) is 11.1 Å². The molecule has 1 amide bonds. The number of nitrogens with one attached hydrogen (secondary N) is 1. The zero-order chi connectivity index (χ0) is 18.0. The Balaban J connectivity index is 1.65. The average Bonchev–Trinajstić information content (AvgIpc) is 3.23. The van der Waals surface area contributed by atoms with Gasteiger partial charge >= 0.3 is 0 Å². The zero-order valence-corrected chi connectivity index (χ0v) is 16.4. The van der Waals surface area contributed by atoms with Crippen LogP contribution in [0.3, 0.4) is 0 Å².